The van der Waals surface area contributed by atoms with E-state index < -0.39 is 6.04 Å². The van der Waals surface area contributed by atoms with Crippen molar-refractivity contribution in [1.82, 2.24) is 14.8 Å². The van der Waals surface area contributed by atoms with Crippen LogP contribution in [0.2, 0.25) is 5.15 Å². The summed E-state index contributed by atoms with van der Waals surface area (Å²) < 4.78 is 2.29. The second-order valence-electron chi connectivity index (χ2n) is 3.91. The Bertz CT molecular complexity index is 615. The van der Waals surface area contributed by atoms with Gasteiger partial charge in [0.1, 0.15) is 6.04 Å². The topological polar surface area (TPSA) is 85.8 Å². The summed E-state index contributed by atoms with van der Waals surface area (Å²) in [5, 5.41) is 6.81. The lowest BCUT2D eigenvalue weighted by molar-refractivity contribution is -0.117. The Balaban J connectivity index is 2.14. The number of rotatable bonds is 3. The molecule has 6 nitrogen and oxygen atoms in total. The van der Waals surface area contributed by atoms with Gasteiger partial charge in [0.2, 0.25) is 5.91 Å². The molecule has 1 atom stereocenters. The summed E-state index contributed by atoms with van der Waals surface area (Å²) in [5.41, 5.74) is 6.87. The molecule has 0 bridgehead atoms. The molecule has 2 heterocycles. The molecule has 0 aliphatic carbocycles. The van der Waals surface area contributed by atoms with Crippen molar-refractivity contribution in [1.29, 1.82) is 0 Å². The molecule has 0 saturated heterocycles. The molecule has 0 saturated carbocycles. The maximum Gasteiger partial charge on any atom is 0.246 e. The van der Waals surface area contributed by atoms with Gasteiger partial charge in [0.05, 0.1) is 11.9 Å². The Morgan fingerprint density at radius 1 is 1.58 bits per heavy atom. The van der Waals surface area contributed by atoms with Gasteiger partial charge in [-0.2, -0.15) is 5.10 Å². The first-order valence-corrected chi connectivity index (χ1v) is 6.50. The van der Waals surface area contributed by atoms with Crippen LogP contribution in [0.4, 0.5) is 5.69 Å². The second-order valence-corrected chi connectivity index (χ2v) is 5.18. The van der Waals surface area contributed by atoms with Crippen LogP contribution in [0.15, 0.2) is 29.1 Å². The molecule has 0 fully saturated rings. The minimum atomic E-state index is -0.816. The summed E-state index contributed by atoms with van der Waals surface area (Å²) >= 11 is 9.15. The standard InChI is InChI=1S/C11H11BrClN5O/c1-18-5-6(3-16-18)9(14)11(19)17-8-2-7(12)4-15-10(8)13/h2-5,9H,14H2,1H3,(H,17,19). The molecular formula is C11H11BrClN5O. The van der Waals surface area contributed by atoms with Gasteiger partial charge in [-0.1, -0.05) is 11.6 Å². The van der Waals surface area contributed by atoms with Crippen LogP contribution in [0.3, 0.4) is 0 Å². The molecule has 0 spiro atoms. The van der Waals surface area contributed by atoms with Crippen molar-refractivity contribution >= 4 is 39.1 Å². The molecule has 0 radical (unpaired) electrons. The van der Waals surface area contributed by atoms with Gasteiger partial charge < -0.3 is 11.1 Å². The monoisotopic (exact) mass is 343 g/mol. The van der Waals surface area contributed by atoms with Crippen LogP contribution in [0.1, 0.15) is 11.6 Å². The molecule has 19 heavy (non-hydrogen) atoms. The van der Waals surface area contributed by atoms with E-state index >= 15 is 0 Å². The largest absolute Gasteiger partial charge is 0.322 e. The van der Waals surface area contributed by atoms with Gasteiger partial charge in [-0.25, -0.2) is 4.98 Å². The van der Waals surface area contributed by atoms with E-state index in [1.807, 2.05) is 0 Å². The number of carbonyl (C=O) groups is 1. The smallest absolute Gasteiger partial charge is 0.246 e. The average molecular weight is 345 g/mol. The van der Waals surface area contributed by atoms with Gasteiger partial charge in [-0.05, 0) is 22.0 Å². The number of halogens is 2. The normalized spacial score (nSPS) is 12.2. The zero-order chi connectivity index (χ0) is 14.0. The van der Waals surface area contributed by atoms with Crippen LogP contribution in [-0.2, 0) is 11.8 Å². The number of pyridine rings is 1. The van der Waals surface area contributed by atoms with E-state index in [-0.39, 0.29) is 11.1 Å². The summed E-state index contributed by atoms with van der Waals surface area (Å²) in [6.45, 7) is 0. The fourth-order valence-electron chi connectivity index (χ4n) is 1.47. The Morgan fingerprint density at radius 3 is 2.95 bits per heavy atom. The van der Waals surface area contributed by atoms with E-state index in [0.717, 1.165) is 0 Å². The van der Waals surface area contributed by atoms with Crippen molar-refractivity contribution in [2.75, 3.05) is 5.32 Å². The van der Waals surface area contributed by atoms with E-state index in [9.17, 15) is 4.79 Å². The number of hydrogen-bond acceptors (Lipinski definition) is 4. The number of amides is 1. The van der Waals surface area contributed by atoms with Gasteiger partial charge in [0.15, 0.2) is 5.15 Å². The highest BCUT2D eigenvalue weighted by Gasteiger charge is 2.18. The number of carbonyl (C=O) groups excluding carboxylic acids is 1. The predicted molar refractivity (Wildman–Crippen MR) is 75.7 cm³/mol. The minimum absolute atomic E-state index is 0.204. The highest BCUT2D eigenvalue weighted by molar-refractivity contribution is 9.10. The summed E-state index contributed by atoms with van der Waals surface area (Å²) in [4.78, 5) is 15.9. The summed E-state index contributed by atoms with van der Waals surface area (Å²) in [7, 11) is 1.75. The summed E-state index contributed by atoms with van der Waals surface area (Å²) in [6.07, 6.45) is 4.77. The number of hydrogen-bond donors (Lipinski definition) is 2. The first kappa shape index (κ1) is 14.0. The average Bonchev–Trinajstić information content (AvgIpc) is 2.79. The molecule has 2 aromatic heterocycles. The lowest BCUT2D eigenvalue weighted by atomic mass is 10.1. The van der Waals surface area contributed by atoms with E-state index in [4.69, 9.17) is 17.3 Å². The van der Waals surface area contributed by atoms with Crippen LogP contribution in [0.25, 0.3) is 0 Å². The number of anilines is 1. The number of nitrogens with zero attached hydrogens (tertiary/aromatic N) is 3. The van der Waals surface area contributed by atoms with Crippen molar-refractivity contribution in [3.05, 3.63) is 39.8 Å². The van der Waals surface area contributed by atoms with Crippen LogP contribution in [-0.4, -0.2) is 20.7 Å². The number of aromatic nitrogens is 3. The van der Waals surface area contributed by atoms with Crippen LogP contribution < -0.4 is 11.1 Å². The molecule has 8 heteroatoms. The van der Waals surface area contributed by atoms with Crippen molar-refractivity contribution in [2.24, 2.45) is 12.8 Å². The van der Waals surface area contributed by atoms with Crippen LogP contribution >= 0.6 is 27.5 Å². The molecule has 1 unspecified atom stereocenters. The molecule has 2 aromatic rings. The summed E-state index contributed by atoms with van der Waals surface area (Å²) in [6, 6.07) is 0.840. The predicted octanol–water partition coefficient (Wildman–Crippen LogP) is 1.87. The lowest BCUT2D eigenvalue weighted by Gasteiger charge is -2.11. The van der Waals surface area contributed by atoms with Gasteiger partial charge in [-0.3, -0.25) is 9.48 Å². The number of nitrogens with two attached hydrogens (primary N) is 1. The van der Waals surface area contributed by atoms with Crippen molar-refractivity contribution in [2.45, 2.75) is 6.04 Å². The first-order valence-electron chi connectivity index (χ1n) is 5.33. The van der Waals surface area contributed by atoms with Crippen molar-refractivity contribution in [3.63, 3.8) is 0 Å². The molecule has 1 amide bonds. The maximum atomic E-state index is 12.0. The first-order chi connectivity index (χ1) is 8.97. The minimum Gasteiger partial charge on any atom is -0.322 e. The zero-order valence-corrected chi connectivity index (χ0v) is 12.3. The highest BCUT2D eigenvalue weighted by atomic mass is 79.9. The fraction of sp³-hybridized carbons (Fsp3) is 0.182. The zero-order valence-electron chi connectivity index (χ0n) is 9.97. The van der Waals surface area contributed by atoms with Gasteiger partial charge >= 0.3 is 0 Å². The molecule has 0 aliphatic rings. The SMILES string of the molecule is Cn1cc(C(N)C(=O)Nc2cc(Br)cnc2Cl)cn1. The Labute approximate surface area is 123 Å². The lowest BCUT2D eigenvalue weighted by Crippen LogP contribution is -2.27. The third-order valence-electron chi connectivity index (χ3n) is 2.43. The Morgan fingerprint density at radius 2 is 2.32 bits per heavy atom. The van der Waals surface area contributed by atoms with Crippen molar-refractivity contribution in [3.8, 4) is 0 Å². The third kappa shape index (κ3) is 3.31. The summed E-state index contributed by atoms with van der Waals surface area (Å²) in [5.74, 6) is -0.380. The van der Waals surface area contributed by atoms with E-state index in [2.05, 4.69) is 31.3 Å². The maximum absolute atomic E-state index is 12.0. The molecule has 0 aromatic carbocycles. The Kier molecular flexibility index (Phi) is 4.18. The molecule has 3 N–H and O–H groups in total. The fourth-order valence-corrected chi connectivity index (χ4v) is 1.95. The van der Waals surface area contributed by atoms with E-state index in [0.29, 0.717) is 15.7 Å². The highest BCUT2D eigenvalue weighted by Crippen LogP contribution is 2.24. The number of aryl methyl sites for hydroxylation is 1. The van der Waals surface area contributed by atoms with Crippen LogP contribution in [0.5, 0.6) is 0 Å². The number of nitrogens with one attached hydrogen (secondary N) is 1. The van der Waals surface area contributed by atoms with Gasteiger partial charge in [0, 0.05) is 29.5 Å². The molecule has 2 rings (SSSR count). The van der Waals surface area contributed by atoms with Gasteiger partial charge in [0.25, 0.3) is 0 Å². The quantitative estimate of drug-likeness (QED) is 0.832. The van der Waals surface area contributed by atoms with Crippen molar-refractivity contribution < 1.29 is 4.79 Å². The molecule has 100 valence electrons. The third-order valence-corrected chi connectivity index (χ3v) is 3.16. The van der Waals surface area contributed by atoms with Crippen LogP contribution in [0, 0.1) is 0 Å². The van der Waals surface area contributed by atoms with E-state index in [1.54, 1.807) is 36.4 Å². The molecule has 0 aliphatic heterocycles. The van der Waals surface area contributed by atoms with Gasteiger partial charge in [-0.15, -0.1) is 0 Å². The second kappa shape index (κ2) is 5.68. The Hall–Kier alpha value is -1.44. The van der Waals surface area contributed by atoms with E-state index in [1.165, 1.54) is 0 Å². The molecular weight excluding hydrogens is 334 g/mol.